The Morgan fingerprint density at radius 1 is 1.11 bits per heavy atom. The van der Waals surface area contributed by atoms with Crippen molar-refractivity contribution in [2.24, 2.45) is 7.05 Å². The summed E-state index contributed by atoms with van der Waals surface area (Å²) in [5, 5.41) is 2.24. The lowest BCUT2D eigenvalue weighted by atomic mass is 9.84. The number of alkyl halides is 3. The summed E-state index contributed by atoms with van der Waals surface area (Å²) < 4.78 is 50.1. The Kier molecular flexibility index (Phi) is 6.42. The van der Waals surface area contributed by atoms with E-state index in [4.69, 9.17) is 4.74 Å². The smallest absolute Gasteiger partial charge is 0.410 e. The van der Waals surface area contributed by atoms with Crippen LogP contribution in [0.15, 0.2) is 23.0 Å². The number of hydrogen-bond donors (Lipinski definition) is 1. The number of fused-ring (bicyclic) bond motifs is 1. The number of imidazole rings is 1. The molecule has 196 valence electrons. The molecule has 36 heavy (non-hydrogen) atoms. The van der Waals surface area contributed by atoms with Crippen LogP contribution in [0.1, 0.15) is 64.0 Å². The molecule has 3 heterocycles. The Balaban J connectivity index is 1.72. The van der Waals surface area contributed by atoms with Crippen molar-refractivity contribution in [3.8, 4) is 0 Å². The summed E-state index contributed by atoms with van der Waals surface area (Å²) in [7, 11) is 1.51. The van der Waals surface area contributed by atoms with Crippen molar-refractivity contribution in [1.29, 1.82) is 0 Å². The van der Waals surface area contributed by atoms with Gasteiger partial charge in [0.15, 0.2) is 0 Å². The number of carbonyl (C=O) groups excluding carboxylic acids is 3. The molecule has 3 amide bonds. The number of imide groups is 1. The summed E-state index contributed by atoms with van der Waals surface area (Å²) in [6, 6.07) is 2.02. The Bertz CT molecular complexity index is 1270. The summed E-state index contributed by atoms with van der Waals surface area (Å²) >= 11 is 0. The molecule has 2 fully saturated rings. The number of rotatable bonds is 2. The van der Waals surface area contributed by atoms with E-state index < -0.39 is 53.4 Å². The van der Waals surface area contributed by atoms with E-state index in [1.54, 1.807) is 39.0 Å². The highest BCUT2D eigenvalue weighted by Gasteiger charge is 2.50. The molecular weight excluding hydrogens is 481 g/mol. The van der Waals surface area contributed by atoms with Crippen molar-refractivity contribution in [3.63, 3.8) is 0 Å². The summed E-state index contributed by atoms with van der Waals surface area (Å²) in [5.41, 5.74) is -0.0504. The van der Waals surface area contributed by atoms with Gasteiger partial charge in [0.2, 0.25) is 11.8 Å². The molecule has 2 aromatic rings. The van der Waals surface area contributed by atoms with Crippen LogP contribution in [0, 0.1) is 0 Å². The Morgan fingerprint density at radius 3 is 2.42 bits per heavy atom. The molecule has 0 spiro atoms. The van der Waals surface area contributed by atoms with Crippen LogP contribution >= 0.6 is 0 Å². The summed E-state index contributed by atoms with van der Waals surface area (Å²) in [6.07, 6.45) is -5.61. The molecule has 12 heteroatoms. The average molecular weight is 511 g/mol. The second-order valence-electron chi connectivity index (χ2n) is 10.3. The van der Waals surface area contributed by atoms with Crippen molar-refractivity contribution in [2.75, 3.05) is 6.54 Å². The van der Waals surface area contributed by atoms with E-state index in [1.807, 2.05) is 0 Å². The number of aromatic nitrogens is 2. The average Bonchev–Trinajstić information content (AvgIpc) is 3.02. The number of likely N-dealkylation sites (tertiary alicyclic amines) is 1. The first-order valence-corrected chi connectivity index (χ1v) is 11.8. The second kappa shape index (κ2) is 8.97. The molecule has 1 aromatic heterocycles. The number of para-hydroxylation sites is 1. The van der Waals surface area contributed by atoms with Crippen LogP contribution in [-0.2, 0) is 21.4 Å². The largest absolute Gasteiger partial charge is 0.444 e. The van der Waals surface area contributed by atoms with E-state index in [9.17, 15) is 32.3 Å². The monoisotopic (exact) mass is 510 g/mol. The Morgan fingerprint density at radius 2 is 1.81 bits per heavy atom. The molecule has 4 rings (SSSR count). The molecule has 3 unspecified atom stereocenters. The molecule has 2 aliphatic rings. The predicted octanol–water partition coefficient (Wildman–Crippen LogP) is 3.36. The lowest BCUT2D eigenvalue weighted by molar-refractivity contribution is -0.189. The highest BCUT2D eigenvalue weighted by Crippen LogP contribution is 2.41. The minimum Gasteiger partial charge on any atom is -0.444 e. The summed E-state index contributed by atoms with van der Waals surface area (Å²) in [4.78, 5) is 50.5. The third-order valence-corrected chi connectivity index (χ3v) is 6.70. The summed E-state index contributed by atoms with van der Waals surface area (Å²) in [5.74, 6) is -1.60. The molecule has 9 nitrogen and oxygen atoms in total. The van der Waals surface area contributed by atoms with Crippen LogP contribution in [0.25, 0.3) is 11.0 Å². The highest BCUT2D eigenvalue weighted by molar-refractivity contribution is 6.00. The molecule has 2 aliphatic heterocycles. The third-order valence-electron chi connectivity index (χ3n) is 6.70. The van der Waals surface area contributed by atoms with Gasteiger partial charge < -0.3 is 4.74 Å². The van der Waals surface area contributed by atoms with Crippen molar-refractivity contribution < 1.29 is 32.3 Å². The lowest BCUT2D eigenvalue weighted by Crippen LogP contribution is -2.54. The third kappa shape index (κ3) is 4.72. The SMILES string of the molecule is Cn1c(=O)n(C2CCC(=O)NC2=O)c2cccc(C3CCN(C(=O)OC(C)(C)C)C(C(F)(F)F)C3)c21. The van der Waals surface area contributed by atoms with Gasteiger partial charge in [0.25, 0.3) is 0 Å². The van der Waals surface area contributed by atoms with E-state index in [0.29, 0.717) is 16.6 Å². The normalized spacial score (nSPS) is 23.6. The molecule has 1 aromatic carbocycles. The van der Waals surface area contributed by atoms with Gasteiger partial charge in [-0.05, 0) is 57.6 Å². The molecule has 3 atom stereocenters. The molecule has 0 radical (unpaired) electrons. The second-order valence-corrected chi connectivity index (χ2v) is 10.3. The summed E-state index contributed by atoms with van der Waals surface area (Å²) in [6.45, 7) is 4.61. The van der Waals surface area contributed by atoms with E-state index in [1.165, 1.54) is 16.2 Å². The van der Waals surface area contributed by atoms with Gasteiger partial charge in [0.05, 0.1) is 11.0 Å². The van der Waals surface area contributed by atoms with Crippen molar-refractivity contribution in [3.05, 3.63) is 34.2 Å². The van der Waals surface area contributed by atoms with Gasteiger partial charge in [-0.1, -0.05) is 12.1 Å². The quantitative estimate of drug-likeness (QED) is 0.625. The van der Waals surface area contributed by atoms with Crippen molar-refractivity contribution in [1.82, 2.24) is 19.4 Å². The zero-order chi connectivity index (χ0) is 26.6. The van der Waals surface area contributed by atoms with E-state index in [2.05, 4.69) is 5.32 Å². The maximum atomic E-state index is 14.1. The molecule has 0 saturated carbocycles. The molecule has 0 bridgehead atoms. The number of nitrogens with zero attached hydrogens (tertiary/aromatic N) is 3. The number of nitrogens with one attached hydrogen (secondary N) is 1. The Hall–Kier alpha value is -3.31. The van der Waals surface area contributed by atoms with Gasteiger partial charge in [-0.25, -0.2) is 9.59 Å². The minimum atomic E-state index is -4.67. The number of carbonyl (C=O) groups is 3. The zero-order valence-electron chi connectivity index (χ0n) is 20.5. The van der Waals surface area contributed by atoms with Gasteiger partial charge >= 0.3 is 18.0 Å². The standard InChI is InChI=1S/C24H29F3N4O5/c1-23(2,3)36-22(35)30-11-10-13(12-17(30)24(25,26)27)14-6-5-7-15-19(14)29(4)21(34)31(15)16-8-9-18(32)28-20(16)33/h5-7,13,16-17H,8-12H2,1-4H3,(H,28,32,33). The van der Waals surface area contributed by atoms with Crippen LogP contribution in [0.4, 0.5) is 18.0 Å². The number of hydrogen-bond acceptors (Lipinski definition) is 5. The van der Waals surface area contributed by atoms with Gasteiger partial charge in [0.1, 0.15) is 17.7 Å². The lowest BCUT2D eigenvalue weighted by Gasteiger charge is -2.40. The fourth-order valence-corrected chi connectivity index (χ4v) is 5.13. The topological polar surface area (TPSA) is 103 Å². The van der Waals surface area contributed by atoms with Gasteiger partial charge in [-0.3, -0.25) is 28.9 Å². The van der Waals surface area contributed by atoms with Crippen molar-refractivity contribution in [2.45, 2.75) is 76.2 Å². The minimum absolute atomic E-state index is 0.0787. The van der Waals surface area contributed by atoms with Gasteiger partial charge in [-0.2, -0.15) is 13.2 Å². The number of aryl methyl sites for hydroxylation is 1. The molecule has 0 aliphatic carbocycles. The van der Waals surface area contributed by atoms with Gasteiger partial charge in [-0.15, -0.1) is 0 Å². The first-order valence-electron chi connectivity index (χ1n) is 11.8. The predicted molar refractivity (Wildman–Crippen MR) is 123 cm³/mol. The van der Waals surface area contributed by atoms with Gasteiger partial charge in [0, 0.05) is 20.0 Å². The number of piperidine rings is 2. The number of amides is 3. The van der Waals surface area contributed by atoms with E-state index in [0.717, 1.165) is 4.90 Å². The van der Waals surface area contributed by atoms with Crippen LogP contribution in [0.3, 0.4) is 0 Å². The first kappa shape index (κ1) is 25.8. The number of ether oxygens (including phenoxy) is 1. The fourth-order valence-electron chi connectivity index (χ4n) is 5.13. The van der Waals surface area contributed by atoms with E-state index >= 15 is 0 Å². The highest BCUT2D eigenvalue weighted by atomic mass is 19.4. The molecular formula is C24H29F3N4O5. The fraction of sp³-hybridized carbons (Fsp3) is 0.583. The molecule has 1 N–H and O–H groups in total. The van der Waals surface area contributed by atoms with Crippen LogP contribution in [0.5, 0.6) is 0 Å². The maximum Gasteiger partial charge on any atom is 0.410 e. The Labute approximate surface area is 205 Å². The number of benzene rings is 1. The van der Waals surface area contributed by atoms with Crippen molar-refractivity contribution >= 4 is 28.9 Å². The zero-order valence-corrected chi connectivity index (χ0v) is 20.5. The maximum absolute atomic E-state index is 14.1. The molecule has 2 saturated heterocycles. The van der Waals surface area contributed by atoms with E-state index in [-0.39, 0.29) is 32.2 Å². The first-order chi connectivity index (χ1) is 16.7. The number of halogens is 3. The van der Waals surface area contributed by atoms with Crippen LogP contribution in [-0.4, -0.2) is 56.3 Å². The van der Waals surface area contributed by atoms with Crippen LogP contribution in [0.2, 0.25) is 0 Å². The van der Waals surface area contributed by atoms with Crippen LogP contribution < -0.4 is 11.0 Å².